The zero-order valence-corrected chi connectivity index (χ0v) is 16.5. The molecule has 0 spiro atoms. The van der Waals surface area contributed by atoms with Crippen LogP contribution in [0.2, 0.25) is 0 Å². The Labute approximate surface area is 172 Å². The van der Waals surface area contributed by atoms with E-state index in [9.17, 15) is 14.7 Å². The van der Waals surface area contributed by atoms with Crippen LogP contribution in [0.1, 0.15) is 30.0 Å². The first-order valence-electron chi connectivity index (χ1n) is 9.81. The minimum Gasteiger partial charge on any atom is -0.490 e. The average molecular weight is 404 g/mol. The quantitative estimate of drug-likeness (QED) is 0.415. The molecule has 0 aliphatic carbocycles. The molecule has 7 nitrogen and oxygen atoms in total. The van der Waals surface area contributed by atoms with Crippen LogP contribution in [-0.2, 0) is 28.3 Å². The minimum absolute atomic E-state index is 0.118. The normalized spacial score (nSPS) is 19.1. The van der Waals surface area contributed by atoms with Gasteiger partial charge in [0, 0.05) is 16.5 Å². The molecular weight excluding hydrogens is 384 g/mol. The predicted octanol–water partition coefficient (Wildman–Crippen LogP) is 2.64. The van der Waals surface area contributed by atoms with Gasteiger partial charge >= 0.3 is 5.97 Å². The number of benzene rings is 1. The number of hydrogen-bond acceptors (Lipinski definition) is 6. The number of carbonyl (C=O) groups excluding carboxylic acids is 1. The Hall–Kier alpha value is -3.45. The van der Waals surface area contributed by atoms with Gasteiger partial charge < -0.3 is 19.1 Å². The maximum Gasteiger partial charge on any atom is 0.343 e. The Bertz CT molecular complexity index is 1290. The van der Waals surface area contributed by atoms with E-state index in [1.165, 1.54) is 0 Å². The number of esters is 1. The van der Waals surface area contributed by atoms with E-state index in [2.05, 4.69) is 6.58 Å². The molecule has 1 aromatic carbocycles. The standard InChI is InChI=1S/C23H20N2O5/c1-3-7-29-15-5-6-18-13(9-15)8-14-11-25-19(20(14)24-18)10-17-16(21(25)26)12-30-22(27)23(17,28)4-2/h3,5-6,8-10,28H,1,4,7,11-12H2,2H3. The number of rotatable bonds is 4. The molecule has 2 aromatic heterocycles. The largest absolute Gasteiger partial charge is 0.490 e. The van der Waals surface area contributed by atoms with Crippen LogP contribution in [0.3, 0.4) is 0 Å². The average Bonchev–Trinajstić information content (AvgIpc) is 3.11. The van der Waals surface area contributed by atoms with Crippen molar-refractivity contribution in [1.82, 2.24) is 9.55 Å². The van der Waals surface area contributed by atoms with Gasteiger partial charge in [0.2, 0.25) is 0 Å². The third-order valence-electron chi connectivity index (χ3n) is 5.85. The fourth-order valence-corrected chi connectivity index (χ4v) is 4.21. The topological polar surface area (TPSA) is 90.7 Å². The Morgan fingerprint density at radius 3 is 2.93 bits per heavy atom. The highest BCUT2D eigenvalue weighted by atomic mass is 16.6. The van der Waals surface area contributed by atoms with Gasteiger partial charge in [-0.25, -0.2) is 9.78 Å². The molecule has 2 aliphatic rings. The molecular formula is C23H20N2O5. The molecule has 5 rings (SSSR count). The molecule has 7 heteroatoms. The zero-order valence-electron chi connectivity index (χ0n) is 16.5. The van der Waals surface area contributed by atoms with Gasteiger partial charge in [0.25, 0.3) is 5.56 Å². The van der Waals surface area contributed by atoms with Crippen molar-refractivity contribution >= 4 is 16.9 Å². The smallest absolute Gasteiger partial charge is 0.343 e. The Morgan fingerprint density at radius 1 is 1.33 bits per heavy atom. The lowest BCUT2D eigenvalue weighted by molar-refractivity contribution is -0.172. The molecule has 4 heterocycles. The van der Waals surface area contributed by atoms with Crippen LogP contribution in [0, 0.1) is 0 Å². The number of aromatic nitrogens is 2. The molecule has 0 bridgehead atoms. The second-order valence-electron chi connectivity index (χ2n) is 7.55. The van der Waals surface area contributed by atoms with E-state index in [4.69, 9.17) is 14.5 Å². The SMILES string of the molecule is C=CCOc1ccc2nc3c(cc2c1)Cn1c-3cc2c(c1=O)COC(=O)C2(O)CC. The van der Waals surface area contributed by atoms with Gasteiger partial charge in [-0.2, -0.15) is 0 Å². The first-order valence-corrected chi connectivity index (χ1v) is 9.81. The van der Waals surface area contributed by atoms with Crippen molar-refractivity contribution in [3.63, 3.8) is 0 Å². The van der Waals surface area contributed by atoms with Crippen LogP contribution in [0.25, 0.3) is 22.3 Å². The summed E-state index contributed by atoms with van der Waals surface area (Å²) in [5.41, 5.74) is 1.50. The first kappa shape index (κ1) is 18.6. The number of fused-ring (bicyclic) bond motifs is 5. The van der Waals surface area contributed by atoms with E-state index in [1.807, 2.05) is 24.3 Å². The van der Waals surface area contributed by atoms with Crippen LogP contribution in [0.5, 0.6) is 5.75 Å². The molecule has 0 amide bonds. The Morgan fingerprint density at radius 2 is 2.17 bits per heavy atom. The first-order chi connectivity index (χ1) is 14.5. The van der Waals surface area contributed by atoms with E-state index in [-0.39, 0.29) is 18.6 Å². The van der Waals surface area contributed by atoms with Crippen LogP contribution in [0.4, 0.5) is 0 Å². The summed E-state index contributed by atoms with van der Waals surface area (Å²) in [6.07, 6.45) is 1.80. The highest BCUT2D eigenvalue weighted by Crippen LogP contribution is 2.38. The summed E-state index contributed by atoms with van der Waals surface area (Å²) in [7, 11) is 0. The van der Waals surface area contributed by atoms with E-state index in [0.717, 1.165) is 22.2 Å². The second kappa shape index (κ2) is 6.53. The third kappa shape index (κ3) is 2.52. The summed E-state index contributed by atoms with van der Waals surface area (Å²) >= 11 is 0. The fraction of sp³-hybridized carbons (Fsp3) is 0.261. The summed E-state index contributed by atoms with van der Waals surface area (Å²) < 4.78 is 12.3. The second-order valence-corrected chi connectivity index (χ2v) is 7.55. The van der Waals surface area contributed by atoms with Crippen molar-refractivity contribution in [3.05, 3.63) is 70.0 Å². The number of nitrogens with zero attached hydrogens (tertiary/aromatic N) is 2. The van der Waals surface area contributed by atoms with Crippen LogP contribution in [0.15, 0.2) is 47.8 Å². The fourth-order valence-electron chi connectivity index (χ4n) is 4.21. The van der Waals surface area contributed by atoms with Gasteiger partial charge in [0.15, 0.2) is 5.60 Å². The third-order valence-corrected chi connectivity index (χ3v) is 5.85. The zero-order chi connectivity index (χ0) is 21.0. The molecule has 0 saturated heterocycles. The number of pyridine rings is 2. The Balaban J connectivity index is 1.68. The number of aliphatic hydroxyl groups is 1. The van der Waals surface area contributed by atoms with Gasteiger partial charge in [0.1, 0.15) is 19.0 Å². The summed E-state index contributed by atoms with van der Waals surface area (Å²) in [6, 6.07) is 9.33. The van der Waals surface area contributed by atoms with Crippen molar-refractivity contribution in [3.8, 4) is 17.1 Å². The van der Waals surface area contributed by atoms with Crippen LogP contribution < -0.4 is 10.3 Å². The van der Waals surface area contributed by atoms with E-state index in [1.54, 1.807) is 23.6 Å². The summed E-state index contributed by atoms with van der Waals surface area (Å²) in [5, 5.41) is 11.8. The molecule has 2 aliphatic heterocycles. The summed E-state index contributed by atoms with van der Waals surface area (Å²) in [4.78, 5) is 30.2. The summed E-state index contributed by atoms with van der Waals surface area (Å²) in [6.45, 7) is 5.99. The van der Waals surface area contributed by atoms with E-state index in [0.29, 0.717) is 35.7 Å². The lowest BCUT2D eigenvalue weighted by Gasteiger charge is -2.31. The molecule has 0 fully saturated rings. The highest BCUT2D eigenvalue weighted by molar-refractivity contribution is 5.87. The van der Waals surface area contributed by atoms with E-state index < -0.39 is 11.6 Å². The van der Waals surface area contributed by atoms with Gasteiger partial charge in [-0.05, 0) is 36.8 Å². The Kier molecular flexibility index (Phi) is 4.04. The van der Waals surface area contributed by atoms with Crippen molar-refractivity contribution in [2.24, 2.45) is 0 Å². The minimum atomic E-state index is -1.82. The van der Waals surface area contributed by atoms with Crippen LogP contribution in [-0.4, -0.2) is 27.2 Å². The van der Waals surface area contributed by atoms with Crippen molar-refractivity contribution < 1.29 is 19.4 Å². The molecule has 3 aromatic rings. The van der Waals surface area contributed by atoms with Gasteiger partial charge in [-0.1, -0.05) is 19.6 Å². The predicted molar refractivity (Wildman–Crippen MR) is 110 cm³/mol. The van der Waals surface area contributed by atoms with Crippen LogP contribution >= 0.6 is 0 Å². The molecule has 1 unspecified atom stereocenters. The lowest BCUT2D eigenvalue weighted by atomic mass is 9.86. The number of cyclic esters (lactones) is 1. The van der Waals surface area contributed by atoms with Crippen molar-refractivity contribution in [2.75, 3.05) is 6.61 Å². The highest BCUT2D eigenvalue weighted by Gasteiger charge is 2.45. The van der Waals surface area contributed by atoms with Gasteiger partial charge in [-0.3, -0.25) is 4.79 Å². The maximum atomic E-state index is 13.2. The monoisotopic (exact) mass is 404 g/mol. The number of hydrogen-bond donors (Lipinski definition) is 1. The van der Waals surface area contributed by atoms with Gasteiger partial charge in [-0.15, -0.1) is 0 Å². The molecule has 152 valence electrons. The van der Waals surface area contributed by atoms with Crippen molar-refractivity contribution in [2.45, 2.75) is 32.1 Å². The summed E-state index contributed by atoms with van der Waals surface area (Å²) in [5.74, 6) is -0.00504. The van der Waals surface area contributed by atoms with Gasteiger partial charge in [0.05, 0.1) is 29.0 Å². The van der Waals surface area contributed by atoms with E-state index >= 15 is 0 Å². The number of carbonyl (C=O) groups is 1. The molecule has 1 atom stereocenters. The van der Waals surface area contributed by atoms with Crippen molar-refractivity contribution in [1.29, 1.82) is 0 Å². The molecule has 0 saturated carbocycles. The number of ether oxygens (including phenoxy) is 2. The maximum absolute atomic E-state index is 13.2. The molecule has 30 heavy (non-hydrogen) atoms. The lowest BCUT2D eigenvalue weighted by Crippen LogP contribution is -2.44. The molecule has 0 radical (unpaired) electrons. The molecule has 1 N–H and O–H groups in total.